The SMILES string of the molecule is COc1ccccc1CN1CCC(NC(=O)C(NC(=O)c2ccccc2OC)C(C)C)CC1. The van der Waals surface area contributed by atoms with E-state index < -0.39 is 6.04 Å². The van der Waals surface area contributed by atoms with E-state index in [2.05, 4.69) is 21.6 Å². The van der Waals surface area contributed by atoms with Crippen LogP contribution >= 0.6 is 0 Å². The summed E-state index contributed by atoms with van der Waals surface area (Å²) in [6.45, 7) is 6.48. The number of ether oxygens (including phenoxy) is 2. The van der Waals surface area contributed by atoms with E-state index in [-0.39, 0.29) is 23.8 Å². The van der Waals surface area contributed by atoms with E-state index in [1.54, 1.807) is 25.3 Å². The van der Waals surface area contributed by atoms with Gasteiger partial charge in [0.15, 0.2) is 0 Å². The van der Waals surface area contributed by atoms with Gasteiger partial charge in [0.05, 0.1) is 19.8 Å². The van der Waals surface area contributed by atoms with E-state index in [0.29, 0.717) is 11.3 Å². The third kappa shape index (κ3) is 6.48. The van der Waals surface area contributed by atoms with Crippen molar-refractivity contribution < 1.29 is 19.1 Å². The molecular weight excluding hydrogens is 418 g/mol. The summed E-state index contributed by atoms with van der Waals surface area (Å²) in [4.78, 5) is 28.2. The Morgan fingerprint density at radius 3 is 2.21 bits per heavy atom. The van der Waals surface area contributed by atoms with Gasteiger partial charge in [0.1, 0.15) is 17.5 Å². The van der Waals surface area contributed by atoms with Gasteiger partial charge in [-0.25, -0.2) is 0 Å². The van der Waals surface area contributed by atoms with Gasteiger partial charge in [-0.05, 0) is 37.0 Å². The number of nitrogens with zero attached hydrogens (tertiary/aromatic N) is 1. The lowest BCUT2D eigenvalue weighted by molar-refractivity contribution is -0.125. The van der Waals surface area contributed by atoms with Crippen molar-refractivity contribution in [3.63, 3.8) is 0 Å². The van der Waals surface area contributed by atoms with Crippen molar-refractivity contribution in [2.24, 2.45) is 5.92 Å². The number of benzene rings is 2. The number of hydrogen-bond donors (Lipinski definition) is 2. The molecule has 1 atom stereocenters. The first-order chi connectivity index (χ1) is 15.9. The molecule has 3 rings (SSSR count). The first-order valence-electron chi connectivity index (χ1n) is 11.5. The fourth-order valence-electron chi connectivity index (χ4n) is 4.19. The molecule has 1 heterocycles. The lowest BCUT2D eigenvalue weighted by Crippen LogP contribution is -2.54. The number of rotatable bonds is 9. The van der Waals surface area contributed by atoms with E-state index in [4.69, 9.17) is 9.47 Å². The van der Waals surface area contributed by atoms with Crippen molar-refractivity contribution in [3.05, 3.63) is 59.7 Å². The molecule has 1 aliphatic rings. The number of carbonyl (C=O) groups excluding carboxylic acids is 2. The second-order valence-corrected chi connectivity index (χ2v) is 8.77. The molecule has 2 aromatic rings. The molecule has 0 bridgehead atoms. The average Bonchev–Trinajstić information content (AvgIpc) is 2.83. The summed E-state index contributed by atoms with van der Waals surface area (Å²) in [7, 11) is 3.22. The van der Waals surface area contributed by atoms with Gasteiger partial charge in [0.25, 0.3) is 5.91 Å². The molecule has 0 radical (unpaired) electrons. The van der Waals surface area contributed by atoms with E-state index in [9.17, 15) is 9.59 Å². The molecule has 1 saturated heterocycles. The first-order valence-corrected chi connectivity index (χ1v) is 11.5. The molecule has 0 saturated carbocycles. The van der Waals surface area contributed by atoms with Gasteiger partial charge < -0.3 is 20.1 Å². The van der Waals surface area contributed by atoms with Crippen molar-refractivity contribution in [1.29, 1.82) is 0 Å². The fourth-order valence-corrected chi connectivity index (χ4v) is 4.19. The first kappa shape index (κ1) is 24.6. The number of methoxy groups -OCH3 is 2. The minimum absolute atomic E-state index is 0.0470. The van der Waals surface area contributed by atoms with Crippen LogP contribution in [0.4, 0.5) is 0 Å². The van der Waals surface area contributed by atoms with Crippen LogP contribution in [-0.2, 0) is 11.3 Å². The van der Waals surface area contributed by atoms with Crippen LogP contribution in [0.15, 0.2) is 48.5 Å². The minimum atomic E-state index is -0.617. The number of amides is 2. The van der Waals surface area contributed by atoms with E-state index in [1.807, 2.05) is 38.1 Å². The van der Waals surface area contributed by atoms with Crippen molar-refractivity contribution in [2.45, 2.75) is 45.3 Å². The summed E-state index contributed by atoms with van der Waals surface area (Å²) in [5.41, 5.74) is 1.59. The Balaban J connectivity index is 1.54. The molecule has 33 heavy (non-hydrogen) atoms. The highest BCUT2D eigenvalue weighted by Gasteiger charge is 2.29. The lowest BCUT2D eigenvalue weighted by atomic mass is 9.99. The second-order valence-electron chi connectivity index (χ2n) is 8.77. The fraction of sp³-hybridized carbons (Fsp3) is 0.462. The Hall–Kier alpha value is -3.06. The molecule has 1 unspecified atom stereocenters. The highest BCUT2D eigenvalue weighted by Crippen LogP contribution is 2.22. The smallest absolute Gasteiger partial charge is 0.255 e. The van der Waals surface area contributed by atoms with Gasteiger partial charge >= 0.3 is 0 Å². The van der Waals surface area contributed by atoms with Crippen LogP contribution in [0, 0.1) is 5.92 Å². The summed E-state index contributed by atoms with van der Waals surface area (Å²) in [6, 6.07) is 14.6. The van der Waals surface area contributed by atoms with Crippen LogP contribution < -0.4 is 20.1 Å². The summed E-state index contributed by atoms with van der Waals surface area (Å²) in [5.74, 6) is 0.887. The van der Waals surface area contributed by atoms with Crippen LogP contribution in [0.5, 0.6) is 11.5 Å². The quantitative estimate of drug-likeness (QED) is 0.609. The van der Waals surface area contributed by atoms with E-state index in [1.165, 1.54) is 12.7 Å². The highest BCUT2D eigenvalue weighted by atomic mass is 16.5. The largest absolute Gasteiger partial charge is 0.496 e. The molecule has 7 nitrogen and oxygen atoms in total. The van der Waals surface area contributed by atoms with Crippen LogP contribution in [0.25, 0.3) is 0 Å². The minimum Gasteiger partial charge on any atom is -0.496 e. The van der Waals surface area contributed by atoms with Gasteiger partial charge in [0.2, 0.25) is 5.91 Å². The summed E-state index contributed by atoms with van der Waals surface area (Å²) in [5, 5.41) is 6.05. The number of carbonyl (C=O) groups is 2. The Bertz CT molecular complexity index is 939. The summed E-state index contributed by atoms with van der Waals surface area (Å²) in [6.07, 6.45) is 1.73. The second kappa shape index (κ2) is 11.7. The van der Waals surface area contributed by atoms with Gasteiger partial charge in [-0.3, -0.25) is 14.5 Å². The average molecular weight is 454 g/mol. The molecule has 0 aliphatic carbocycles. The molecular formula is C26H35N3O4. The number of nitrogens with one attached hydrogen (secondary N) is 2. The van der Waals surface area contributed by atoms with Gasteiger partial charge in [0, 0.05) is 31.2 Å². The number of hydrogen-bond acceptors (Lipinski definition) is 5. The molecule has 0 aromatic heterocycles. The predicted octanol–water partition coefficient (Wildman–Crippen LogP) is 3.24. The molecule has 7 heteroatoms. The van der Waals surface area contributed by atoms with Gasteiger partial charge in [-0.2, -0.15) is 0 Å². The van der Waals surface area contributed by atoms with E-state index >= 15 is 0 Å². The van der Waals surface area contributed by atoms with Crippen molar-refractivity contribution in [1.82, 2.24) is 15.5 Å². The van der Waals surface area contributed by atoms with E-state index in [0.717, 1.165) is 38.2 Å². The zero-order valence-electron chi connectivity index (χ0n) is 20.0. The van der Waals surface area contributed by atoms with Crippen molar-refractivity contribution in [3.8, 4) is 11.5 Å². The molecule has 2 amide bonds. The van der Waals surface area contributed by atoms with Crippen LogP contribution in [0.2, 0.25) is 0 Å². The molecule has 2 aromatic carbocycles. The summed E-state index contributed by atoms with van der Waals surface area (Å²) >= 11 is 0. The third-order valence-corrected chi connectivity index (χ3v) is 6.11. The molecule has 2 N–H and O–H groups in total. The van der Waals surface area contributed by atoms with Crippen molar-refractivity contribution in [2.75, 3.05) is 27.3 Å². The van der Waals surface area contributed by atoms with Crippen molar-refractivity contribution >= 4 is 11.8 Å². The van der Waals surface area contributed by atoms with Crippen LogP contribution in [0.1, 0.15) is 42.6 Å². The van der Waals surface area contributed by atoms with Gasteiger partial charge in [-0.1, -0.05) is 44.2 Å². The van der Waals surface area contributed by atoms with Crippen LogP contribution in [0.3, 0.4) is 0 Å². The molecule has 178 valence electrons. The molecule has 1 aliphatic heterocycles. The van der Waals surface area contributed by atoms with Crippen LogP contribution in [-0.4, -0.2) is 56.1 Å². The maximum absolute atomic E-state index is 13.0. The molecule has 0 spiro atoms. The number of para-hydroxylation sites is 2. The van der Waals surface area contributed by atoms with Gasteiger partial charge in [-0.15, -0.1) is 0 Å². The maximum atomic E-state index is 13.0. The normalized spacial score (nSPS) is 15.7. The Morgan fingerprint density at radius 1 is 0.970 bits per heavy atom. The summed E-state index contributed by atoms with van der Waals surface area (Å²) < 4.78 is 10.7. The third-order valence-electron chi connectivity index (χ3n) is 6.11. The zero-order chi connectivity index (χ0) is 23.8. The lowest BCUT2D eigenvalue weighted by Gasteiger charge is -2.33. The Morgan fingerprint density at radius 2 is 1.58 bits per heavy atom. The number of piperidine rings is 1. The molecule has 1 fully saturated rings. The topological polar surface area (TPSA) is 79.9 Å². The Labute approximate surface area is 196 Å². The zero-order valence-corrected chi connectivity index (χ0v) is 20.0. The predicted molar refractivity (Wildman–Crippen MR) is 129 cm³/mol. The standard InChI is InChI=1S/C26H35N3O4/c1-18(2)24(28-25(30)21-10-6-8-12-23(21)33-4)26(31)27-20-13-15-29(16-14-20)17-19-9-5-7-11-22(19)32-3/h5-12,18,20,24H,13-17H2,1-4H3,(H,27,31)(H,28,30). The Kier molecular flexibility index (Phi) is 8.72. The monoisotopic (exact) mass is 453 g/mol. The maximum Gasteiger partial charge on any atom is 0.255 e. The number of likely N-dealkylation sites (tertiary alicyclic amines) is 1. The highest BCUT2D eigenvalue weighted by molar-refractivity contribution is 5.99.